The third kappa shape index (κ3) is 1.86. The Morgan fingerprint density at radius 3 is 2.67 bits per heavy atom. The van der Waals surface area contributed by atoms with Gasteiger partial charge in [0.15, 0.2) is 0 Å². The molecule has 0 aromatic rings. The Hall–Kier alpha value is -0.370. The molecule has 3 atom stereocenters. The van der Waals surface area contributed by atoms with Crippen molar-refractivity contribution in [2.45, 2.75) is 33.2 Å². The van der Waals surface area contributed by atoms with Crippen LogP contribution in [0, 0.1) is 11.8 Å². The van der Waals surface area contributed by atoms with Crippen molar-refractivity contribution in [3.05, 3.63) is 0 Å². The fraction of sp³-hybridized carbons (Fsp3) is 0.900. The fourth-order valence-electron chi connectivity index (χ4n) is 1.95. The zero-order valence-electron chi connectivity index (χ0n) is 8.21. The number of nitrogens with zero attached hydrogens (tertiary/aromatic N) is 1. The molecule has 0 aromatic carbocycles. The largest absolute Gasteiger partial charge is 0.293 e. The summed E-state index contributed by atoms with van der Waals surface area (Å²) < 4.78 is 0. The lowest BCUT2D eigenvalue weighted by Gasteiger charge is -2.40. The summed E-state index contributed by atoms with van der Waals surface area (Å²) in [5.74, 6) is 1.50. The van der Waals surface area contributed by atoms with Gasteiger partial charge in [0.1, 0.15) is 0 Å². The van der Waals surface area contributed by atoms with E-state index in [9.17, 15) is 4.79 Å². The van der Waals surface area contributed by atoms with Crippen molar-refractivity contribution >= 4 is 6.29 Å². The fourth-order valence-corrected chi connectivity index (χ4v) is 1.95. The first-order valence-corrected chi connectivity index (χ1v) is 4.76. The second-order valence-electron chi connectivity index (χ2n) is 3.98. The molecule has 1 heterocycles. The third-order valence-electron chi connectivity index (χ3n) is 3.37. The summed E-state index contributed by atoms with van der Waals surface area (Å²) in [4.78, 5) is 12.5. The highest BCUT2D eigenvalue weighted by Crippen LogP contribution is 2.27. The topological polar surface area (TPSA) is 20.3 Å². The Morgan fingerprint density at radius 2 is 2.08 bits per heavy atom. The van der Waals surface area contributed by atoms with Gasteiger partial charge in [0.25, 0.3) is 0 Å². The average molecular weight is 168 g/mol. The van der Waals surface area contributed by atoms with Crippen LogP contribution >= 0.6 is 0 Å². The summed E-state index contributed by atoms with van der Waals surface area (Å²) in [7, 11) is 0. The predicted octanol–water partition coefficient (Wildman–Crippen LogP) is 1.46. The van der Waals surface area contributed by atoms with Crippen LogP contribution in [0.15, 0.2) is 0 Å². The van der Waals surface area contributed by atoms with Gasteiger partial charge < -0.3 is 0 Å². The molecule has 12 heavy (non-hydrogen) atoms. The van der Waals surface area contributed by atoms with Crippen molar-refractivity contribution in [2.75, 3.05) is 13.1 Å². The van der Waals surface area contributed by atoms with Crippen molar-refractivity contribution in [2.24, 2.45) is 11.8 Å². The molecular formula is C10H18NO. The van der Waals surface area contributed by atoms with Crippen molar-refractivity contribution in [1.29, 1.82) is 0 Å². The van der Waals surface area contributed by atoms with Gasteiger partial charge in [-0.15, -0.1) is 0 Å². The predicted molar refractivity (Wildman–Crippen MR) is 49.7 cm³/mol. The molecule has 0 amide bonds. The van der Waals surface area contributed by atoms with Gasteiger partial charge in [-0.05, 0) is 31.7 Å². The molecule has 0 aromatic heterocycles. The van der Waals surface area contributed by atoms with Gasteiger partial charge in [0.05, 0.1) is 6.54 Å². The third-order valence-corrected chi connectivity index (χ3v) is 3.37. The first-order chi connectivity index (χ1) is 5.66. The minimum Gasteiger partial charge on any atom is -0.293 e. The number of likely N-dealkylation sites (tertiary alicyclic amines) is 1. The molecular weight excluding hydrogens is 150 g/mol. The van der Waals surface area contributed by atoms with Crippen LogP contribution in [-0.2, 0) is 4.79 Å². The van der Waals surface area contributed by atoms with E-state index in [1.807, 2.05) is 6.29 Å². The van der Waals surface area contributed by atoms with Gasteiger partial charge in [-0.2, -0.15) is 0 Å². The lowest BCUT2D eigenvalue weighted by molar-refractivity contribution is 0.0893. The van der Waals surface area contributed by atoms with Crippen LogP contribution in [-0.4, -0.2) is 30.3 Å². The highest BCUT2D eigenvalue weighted by Gasteiger charge is 2.29. The van der Waals surface area contributed by atoms with Gasteiger partial charge in [-0.25, -0.2) is 0 Å². The van der Waals surface area contributed by atoms with Gasteiger partial charge in [-0.3, -0.25) is 9.69 Å². The van der Waals surface area contributed by atoms with Gasteiger partial charge in [-0.1, -0.05) is 13.8 Å². The Labute approximate surface area is 74.9 Å². The summed E-state index contributed by atoms with van der Waals surface area (Å²) in [5, 5.41) is 0. The second kappa shape index (κ2) is 4.04. The van der Waals surface area contributed by atoms with Crippen LogP contribution in [0.1, 0.15) is 27.2 Å². The van der Waals surface area contributed by atoms with E-state index in [4.69, 9.17) is 0 Å². The molecule has 1 rings (SSSR count). The maximum atomic E-state index is 10.2. The van der Waals surface area contributed by atoms with Crippen LogP contribution < -0.4 is 0 Å². The van der Waals surface area contributed by atoms with E-state index in [1.54, 1.807) is 0 Å². The maximum Gasteiger partial charge on any atom is 0.213 e. The van der Waals surface area contributed by atoms with Gasteiger partial charge in [0.2, 0.25) is 6.29 Å². The molecule has 0 spiro atoms. The lowest BCUT2D eigenvalue weighted by atomic mass is 9.83. The lowest BCUT2D eigenvalue weighted by Crippen LogP contribution is -2.46. The minimum atomic E-state index is 0.484. The summed E-state index contributed by atoms with van der Waals surface area (Å²) in [6, 6.07) is 0.537. The summed E-state index contributed by atoms with van der Waals surface area (Å²) in [6.45, 7) is 8.31. The highest BCUT2D eigenvalue weighted by molar-refractivity contribution is 5.53. The first kappa shape index (κ1) is 9.72. The first-order valence-electron chi connectivity index (χ1n) is 4.76. The van der Waals surface area contributed by atoms with Crippen LogP contribution in [0.4, 0.5) is 0 Å². The van der Waals surface area contributed by atoms with E-state index in [-0.39, 0.29) is 0 Å². The quantitative estimate of drug-likeness (QED) is 0.622. The zero-order chi connectivity index (χ0) is 9.14. The van der Waals surface area contributed by atoms with Gasteiger partial charge in [0, 0.05) is 6.04 Å². The highest BCUT2D eigenvalue weighted by atomic mass is 16.1. The number of piperidine rings is 1. The Morgan fingerprint density at radius 1 is 1.42 bits per heavy atom. The van der Waals surface area contributed by atoms with E-state index in [1.165, 1.54) is 6.42 Å². The van der Waals surface area contributed by atoms with E-state index < -0.39 is 0 Å². The van der Waals surface area contributed by atoms with Crippen molar-refractivity contribution in [3.8, 4) is 0 Å². The SMILES string of the molecule is CC1CCN(C[C]=O)C(C)C1C. The van der Waals surface area contributed by atoms with E-state index in [0.29, 0.717) is 18.5 Å². The van der Waals surface area contributed by atoms with Crippen LogP contribution in [0.5, 0.6) is 0 Å². The van der Waals surface area contributed by atoms with Crippen LogP contribution in [0.2, 0.25) is 0 Å². The molecule has 2 nitrogen and oxygen atoms in total. The molecule has 0 bridgehead atoms. The van der Waals surface area contributed by atoms with Crippen molar-refractivity contribution < 1.29 is 4.79 Å². The van der Waals surface area contributed by atoms with E-state index in [2.05, 4.69) is 25.7 Å². The number of carbonyl (C=O) groups excluding carboxylic acids is 1. The summed E-state index contributed by atoms with van der Waals surface area (Å²) in [5.41, 5.74) is 0. The Bertz CT molecular complexity index is 158. The Kier molecular flexibility index (Phi) is 3.27. The average Bonchev–Trinajstić information content (AvgIpc) is 2.07. The monoisotopic (exact) mass is 168 g/mol. The maximum absolute atomic E-state index is 10.2. The van der Waals surface area contributed by atoms with E-state index >= 15 is 0 Å². The molecule has 1 aliphatic heterocycles. The molecule has 0 saturated carbocycles. The van der Waals surface area contributed by atoms with E-state index in [0.717, 1.165) is 12.5 Å². The van der Waals surface area contributed by atoms with Crippen LogP contribution in [0.3, 0.4) is 0 Å². The van der Waals surface area contributed by atoms with Crippen LogP contribution in [0.25, 0.3) is 0 Å². The second-order valence-corrected chi connectivity index (χ2v) is 3.98. The number of hydrogen-bond acceptors (Lipinski definition) is 2. The molecule has 1 aliphatic rings. The smallest absolute Gasteiger partial charge is 0.213 e. The zero-order valence-corrected chi connectivity index (χ0v) is 8.21. The standard InChI is InChI=1S/C10H18NO/c1-8-4-5-11(6-7-12)10(3)9(8)2/h8-10H,4-6H2,1-3H3. The van der Waals surface area contributed by atoms with Crippen molar-refractivity contribution in [1.82, 2.24) is 4.90 Å². The summed E-state index contributed by atoms with van der Waals surface area (Å²) >= 11 is 0. The summed E-state index contributed by atoms with van der Waals surface area (Å²) in [6.07, 6.45) is 3.19. The molecule has 1 fully saturated rings. The molecule has 69 valence electrons. The Balaban J connectivity index is 2.52. The minimum absolute atomic E-state index is 0.484. The molecule has 1 radical (unpaired) electrons. The molecule has 0 aliphatic carbocycles. The van der Waals surface area contributed by atoms with Crippen molar-refractivity contribution in [3.63, 3.8) is 0 Å². The molecule has 3 unspecified atom stereocenters. The normalized spacial score (nSPS) is 38.1. The molecule has 2 heteroatoms. The van der Waals surface area contributed by atoms with Gasteiger partial charge >= 0.3 is 0 Å². The molecule has 1 saturated heterocycles. The number of hydrogen-bond donors (Lipinski definition) is 0. The molecule has 0 N–H and O–H groups in total. The number of rotatable bonds is 2.